The monoisotopic (exact) mass is 267 g/mol. The first-order valence-electron chi connectivity index (χ1n) is 5.31. The fourth-order valence-electron chi connectivity index (χ4n) is 1.58. The van der Waals surface area contributed by atoms with Gasteiger partial charge in [0.25, 0.3) is 0 Å². The van der Waals surface area contributed by atoms with Crippen molar-refractivity contribution in [2.45, 2.75) is 13.5 Å². The Balaban J connectivity index is 2.13. The van der Waals surface area contributed by atoms with Crippen molar-refractivity contribution >= 4 is 28.6 Å². The van der Waals surface area contributed by atoms with Crippen LogP contribution in [0.25, 0.3) is 0 Å². The van der Waals surface area contributed by atoms with Gasteiger partial charge in [-0.2, -0.15) is 0 Å². The van der Waals surface area contributed by atoms with E-state index in [0.717, 1.165) is 18.0 Å². The van der Waals surface area contributed by atoms with Crippen LogP contribution in [0.15, 0.2) is 29.6 Å². The third-order valence-corrected chi connectivity index (χ3v) is 3.83. The van der Waals surface area contributed by atoms with E-state index in [-0.39, 0.29) is 0 Å². The van der Waals surface area contributed by atoms with Crippen LogP contribution in [0.2, 0.25) is 5.02 Å². The number of hydrogen-bond donors (Lipinski definition) is 1. The minimum absolute atomic E-state index is 0.705. The predicted octanol–water partition coefficient (Wildman–Crippen LogP) is 4.33. The van der Waals surface area contributed by atoms with E-state index in [0.29, 0.717) is 5.02 Å². The predicted molar refractivity (Wildman–Crippen MR) is 74.4 cm³/mol. The quantitative estimate of drug-likeness (QED) is 0.890. The molecule has 2 rings (SSSR count). The van der Waals surface area contributed by atoms with Crippen molar-refractivity contribution in [3.8, 4) is 5.75 Å². The van der Waals surface area contributed by atoms with E-state index in [4.69, 9.17) is 16.3 Å². The lowest BCUT2D eigenvalue weighted by atomic mass is 10.2. The normalized spacial score (nSPS) is 10.3. The van der Waals surface area contributed by atoms with Crippen molar-refractivity contribution in [2.75, 3.05) is 12.4 Å². The second kappa shape index (κ2) is 5.43. The van der Waals surface area contributed by atoms with Gasteiger partial charge in [-0.05, 0) is 42.1 Å². The molecule has 1 aromatic carbocycles. The van der Waals surface area contributed by atoms with E-state index in [1.807, 2.05) is 18.2 Å². The summed E-state index contributed by atoms with van der Waals surface area (Å²) in [4.78, 5) is 1.33. The van der Waals surface area contributed by atoms with Gasteiger partial charge in [-0.1, -0.05) is 11.6 Å². The SMILES string of the molecule is COc1ccc(Cl)cc1NCc1sccc1C. The molecule has 2 nitrogen and oxygen atoms in total. The lowest BCUT2D eigenvalue weighted by Crippen LogP contribution is -2.00. The Morgan fingerprint density at radius 3 is 2.82 bits per heavy atom. The number of aryl methyl sites for hydroxylation is 1. The van der Waals surface area contributed by atoms with Crippen LogP contribution in [0.1, 0.15) is 10.4 Å². The van der Waals surface area contributed by atoms with Crippen LogP contribution in [-0.2, 0) is 6.54 Å². The Morgan fingerprint density at radius 2 is 2.18 bits per heavy atom. The number of rotatable bonds is 4. The van der Waals surface area contributed by atoms with E-state index in [1.54, 1.807) is 18.4 Å². The molecular weight excluding hydrogens is 254 g/mol. The summed E-state index contributed by atoms with van der Waals surface area (Å²) in [5.74, 6) is 0.809. The van der Waals surface area contributed by atoms with Crippen molar-refractivity contribution in [3.63, 3.8) is 0 Å². The first kappa shape index (κ1) is 12.3. The zero-order valence-corrected chi connectivity index (χ0v) is 11.4. The molecule has 0 aliphatic carbocycles. The van der Waals surface area contributed by atoms with Crippen molar-refractivity contribution in [3.05, 3.63) is 45.1 Å². The van der Waals surface area contributed by atoms with Gasteiger partial charge in [0.2, 0.25) is 0 Å². The molecule has 1 aromatic heterocycles. The van der Waals surface area contributed by atoms with Crippen LogP contribution >= 0.6 is 22.9 Å². The molecule has 0 spiro atoms. The van der Waals surface area contributed by atoms with E-state index in [9.17, 15) is 0 Å². The van der Waals surface area contributed by atoms with Gasteiger partial charge in [-0.3, -0.25) is 0 Å². The average molecular weight is 268 g/mol. The second-order valence-corrected chi connectivity index (χ2v) is 5.16. The van der Waals surface area contributed by atoms with Gasteiger partial charge in [-0.15, -0.1) is 11.3 Å². The Labute approximate surface area is 110 Å². The van der Waals surface area contributed by atoms with Gasteiger partial charge in [0, 0.05) is 16.4 Å². The average Bonchev–Trinajstić information content (AvgIpc) is 2.72. The van der Waals surface area contributed by atoms with E-state index >= 15 is 0 Å². The third-order valence-electron chi connectivity index (χ3n) is 2.57. The van der Waals surface area contributed by atoms with E-state index in [2.05, 4.69) is 23.7 Å². The second-order valence-electron chi connectivity index (χ2n) is 3.72. The molecule has 4 heteroatoms. The Bertz CT molecular complexity index is 510. The van der Waals surface area contributed by atoms with Gasteiger partial charge < -0.3 is 10.1 Å². The molecular formula is C13H14ClNOS. The fraction of sp³-hybridized carbons (Fsp3) is 0.231. The topological polar surface area (TPSA) is 21.3 Å². The van der Waals surface area contributed by atoms with Crippen LogP contribution in [0.5, 0.6) is 5.75 Å². The molecule has 0 fully saturated rings. The summed E-state index contributed by atoms with van der Waals surface area (Å²) in [6.07, 6.45) is 0. The first-order chi connectivity index (χ1) is 8.20. The molecule has 0 atom stereocenters. The zero-order chi connectivity index (χ0) is 12.3. The summed E-state index contributed by atoms with van der Waals surface area (Å²) in [5, 5.41) is 6.15. The maximum Gasteiger partial charge on any atom is 0.142 e. The molecule has 17 heavy (non-hydrogen) atoms. The molecule has 1 N–H and O–H groups in total. The molecule has 90 valence electrons. The van der Waals surface area contributed by atoms with Crippen LogP contribution in [-0.4, -0.2) is 7.11 Å². The molecule has 1 heterocycles. The smallest absolute Gasteiger partial charge is 0.142 e. The van der Waals surface area contributed by atoms with Crippen LogP contribution < -0.4 is 10.1 Å². The number of nitrogens with one attached hydrogen (secondary N) is 1. The number of halogens is 1. The maximum atomic E-state index is 5.97. The Hall–Kier alpha value is -1.19. The molecule has 0 aliphatic heterocycles. The molecule has 0 radical (unpaired) electrons. The minimum atomic E-state index is 0.705. The molecule has 0 unspecified atom stereocenters. The number of anilines is 1. The van der Waals surface area contributed by atoms with E-state index < -0.39 is 0 Å². The van der Waals surface area contributed by atoms with Crippen molar-refractivity contribution < 1.29 is 4.74 Å². The summed E-state index contributed by atoms with van der Waals surface area (Å²) >= 11 is 7.72. The highest BCUT2D eigenvalue weighted by Gasteiger charge is 2.05. The van der Waals surface area contributed by atoms with Crippen molar-refractivity contribution in [1.29, 1.82) is 0 Å². The molecule has 0 saturated heterocycles. The highest BCUT2D eigenvalue weighted by atomic mass is 35.5. The molecule has 0 amide bonds. The third kappa shape index (κ3) is 2.93. The van der Waals surface area contributed by atoms with Gasteiger partial charge in [0.05, 0.1) is 12.8 Å². The number of hydrogen-bond acceptors (Lipinski definition) is 3. The molecule has 0 aliphatic rings. The van der Waals surface area contributed by atoms with E-state index in [1.165, 1.54) is 10.4 Å². The fourth-order valence-corrected chi connectivity index (χ4v) is 2.60. The van der Waals surface area contributed by atoms with Gasteiger partial charge >= 0.3 is 0 Å². The lowest BCUT2D eigenvalue weighted by Gasteiger charge is -2.11. The summed E-state index contributed by atoms with van der Waals surface area (Å²) in [5.41, 5.74) is 2.23. The maximum absolute atomic E-state index is 5.97. The summed E-state index contributed by atoms with van der Waals surface area (Å²) in [6, 6.07) is 7.69. The standard InChI is InChI=1S/C13H14ClNOS/c1-9-5-6-17-13(9)8-15-11-7-10(14)3-4-12(11)16-2/h3-7,15H,8H2,1-2H3. The zero-order valence-electron chi connectivity index (χ0n) is 9.79. The highest BCUT2D eigenvalue weighted by Crippen LogP contribution is 2.28. The first-order valence-corrected chi connectivity index (χ1v) is 6.57. The summed E-state index contributed by atoms with van der Waals surface area (Å²) in [6.45, 7) is 2.91. The Kier molecular flexibility index (Phi) is 3.92. The minimum Gasteiger partial charge on any atom is -0.495 e. The Morgan fingerprint density at radius 1 is 1.35 bits per heavy atom. The summed E-state index contributed by atoms with van der Waals surface area (Å²) < 4.78 is 5.28. The molecule has 2 aromatic rings. The number of methoxy groups -OCH3 is 1. The lowest BCUT2D eigenvalue weighted by molar-refractivity contribution is 0.416. The van der Waals surface area contributed by atoms with Crippen molar-refractivity contribution in [2.24, 2.45) is 0 Å². The van der Waals surface area contributed by atoms with Gasteiger partial charge in [-0.25, -0.2) is 0 Å². The number of thiophene rings is 1. The van der Waals surface area contributed by atoms with Crippen LogP contribution in [0.4, 0.5) is 5.69 Å². The van der Waals surface area contributed by atoms with Crippen LogP contribution in [0.3, 0.4) is 0 Å². The van der Waals surface area contributed by atoms with Gasteiger partial charge in [0.1, 0.15) is 5.75 Å². The van der Waals surface area contributed by atoms with Gasteiger partial charge in [0.15, 0.2) is 0 Å². The molecule has 0 saturated carbocycles. The summed E-state index contributed by atoms with van der Waals surface area (Å²) in [7, 11) is 1.66. The molecule has 0 bridgehead atoms. The van der Waals surface area contributed by atoms with Crippen molar-refractivity contribution in [1.82, 2.24) is 0 Å². The highest BCUT2D eigenvalue weighted by molar-refractivity contribution is 7.10. The van der Waals surface area contributed by atoms with Crippen LogP contribution in [0, 0.1) is 6.92 Å². The largest absolute Gasteiger partial charge is 0.495 e. The number of benzene rings is 1. The number of ether oxygens (including phenoxy) is 1.